The van der Waals surface area contributed by atoms with Crippen LogP contribution in [0.15, 0.2) is 0 Å². The average Bonchev–Trinajstić information content (AvgIpc) is 2.82. The molecule has 30 heavy (non-hydrogen) atoms. The summed E-state index contributed by atoms with van der Waals surface area (Å²) in [5.74, 6) is 4.23. The van der Waals surface area contributed by atoms with E-state index >= 15 is 0 Å². The van der Waals surface area contributed by atoms with Crippen molar-refractivity contribution in [1.29, 1.82) is 0 Å². The number of hydrogen-bond acceptors (Lipinski definition) is 1. The molecule has 0 saturated heterocycles. The van der Waals surface area contributed by atoms with E-state index in [9.17, 15) is 0 Å². The zero-order chi connectivity index (χ0) is 20.4. The highest BCUT2D eigenvalue weighted by molar-refractivity contribution is 4.84. The Bertz CT molecular complexity index is 394. The second-order valence-electron chi connectivity index (χ2n) is 11.9. The zero-order valence-electron chi connectivity index (χ0n) is 20.1. The third kappa shape index (κ3) is 7.51. The lowest BCUT2D eigenvalue weighted by Gasteiger charge is -2.37. The number of nitrogens with one attached hydrogen (secondary N) is 1. The summed E-state index contributed by atoms with van der Waals surface area (Å²) in [5, 5.41) is 6.69. The predicted molar refractivity (Wildman–Crippen MR) is 129 cm³/mol. The molecule has 0 atom stereocenters. The van der Waals surface area contributed by atoms with Crippen LogP contribution in [0.2, 0.25) is 0 Å². The van der Waals surface area contributed by atoms with E-state index in [1.807, 2.05) is 0 Å². The van der Waals surface area contributed by atoms with E-state index in [1.165, 1.54) is 142 Å². The molecule has 0 aromatic carbocycles. The minimum absolute atomic E-state index is 0.842. The van der Waals surface area contributed by atoms with Gasteiger partial charge in [0.15, 0.2) is 0 Å². The van der Waals surface area contributed by atoms with E-state index in [0.29, 0.717) is 0 Å². The minimum Gasteiger partial charge on any atom is -0.344 e. The van der Waals surface area contributed by atoms with E-state index in [2.05, 4.69) is 10.6 Å². The van der Waals surface area contributed by atoms with Gasteiger partial charge in [-0.25, -0.2) is 0 Å². The summed E-state index contributed by atoms with van der Waals surface area (Å²) >= 11 is 0. The summed E-state index contributed by atoms with van der Waals surface area (Å²) in [7, 11) is 0. The largest absolute Gasteiger partial charge is 0.344 e. The van der Waals surface area contributed by atoms with Gasteiger partial charge in [0.05, 0.1) is 12.6 Å². The fourth-order valence-electron chi connectivity index (χ4n) is 7.66. The Balaban J connectivity index is 1.03. The van der Waals surface area contributed by atoms with Gasteiger partial charge in [-0.15, -0.1) is 0 Å². The van der Waals surface area contributed by atoms with Crippen molar-refractivity contribution in [2.45, 2.75) is 141 Å². The summed E-state index contributed by atoms with van der Waals surface area (Å²) in [5.41, 5.74) is 0. The highest BCUT2D eigenvalue weighted by atomic mass is 14.9. The molecule has 2 heteroatoms. The molecule has 0 unspecified atom stereocenters. The molecule has 0 bridgehead atoms. The predicted octanol–water partition coefficient (Wildman–Crippen LogP) is 6.20. The van der Waals surface area contributed by atoms with Gasteiger partial charge < -0.3 is 10.6 Å². The Kier molecular flexibility index (Phi) is 9.87. The van der Waals surface area contributed by atoms with Crippen LogP contribution in [-0.4, -0.2) is 25.2 Å². The van der Waals surface area contributed by atoms with Crippen LogP contribution in [-0.2, 0) is 0 Å². The molecule has 4 saturated carbocycles. The SMILES string of the molecule is C1CCC(CCNC2CCC(C3CCC([NH2+]CCC4CCCCC4)CC3)CC2)CC1. The van der Waals surface area contributed by atoms with Crippen molar-refractivity contribution in [3.8, 4) is 0 Å². The monoisotopic (exact) mass is 417 g/mol. The maximum absolute atomic E-state index is 3.94. The molecule has 3 N–H and O–H groups in total. The maximum Gasteiger partial charge on any atom is 0.0859 e. The number of nitrogens with two attached hydrogens (primary N) is 1. The molecule has 174 valence electrons. The smallest absolute Gasteiger partial charge is 0.0859 e. The van der Waals surface area contributed by atoms with E-state index < -0.39 is 0 Å². The van der Waals surface area contributed by atoms with Crippen molar-refractivity contribution in [2.75, 3.05) is 13.1 Å². The van der Waals surface area contributed by atoms with Gasteiger partial charge in [0.25, 0.3) is 0 Å². The summed E-state index contributed by atoms with van der Waals surface area (Å²) < 4.78 is 0. The summed E-state index contributed by atoms with van der Waals surface area (Å²) in [4.78, 5) is 0. The lowest BCUT2D eigenvalue weighted by Crippen LogP contribution is -2.90. The summed E-state index contributed by atoms with van der Waals surface area (Å²) in [6, 6.07) is 1.80. The normalized spacial score (nSPS) is 34.8. The highest BCUT2D eigenvalue weighted by Gasteiger charge is 2.31. The quantitative estimate of drug-likeness (QED) is 0.459. The lowest BCUT2D eigenvalue weighted by molar-refractivity contribution is -0.693. The van der Waals surface area contributed by atoms with Crippen LogP contribution in [0.5, 0.6) is 0 Å². The van der Waals surface area contributed by atoms with Crippen molar-refractivity contribution in [2.24, 2.45) is 23.7 Å². The molecular formula is C28H53N2+. The molecule has 0 heterocycles. The van der Waals surface area contributed by atoms with Gasteiger partial charge >= 0.3 is 0 Å². The fraction of sp³-hybridized carbons (Fsp3) is 1.00. The molecule has 0 aromatic heterocycles. The van der Waals surface area contributed by atoms with Crippen molar-refractivity contribution >= 4 is 0 Å². The summed E-state index contributed by atoms with van der Waals surface area (Å²) in [6.07, 6.45) is 30.1. The topological polar surface area (TPSA) is 28.6 Å². The summed E-state index contributed by atoms with van der Waals surface area (Å²) in [6.45, 7) is 2.71. The number of quaternary nitrogens is 1. The van der Waals surface area contributed by atoms with Gasteiger partial charge in [0, 0.05) is 6.04 Å². The second kappa shape index (κ2) is 12.8. The molecule has 0 aromatic rings. The maximum atomic E-state index is 3.94. The third-order valence-corrected chi connectivity index (χ3v) is 9.77. The van der Waals surface area contributed by atoms with Gasteiger partial charge in [0.2, 0.25) is 0 Å². The molecule has 0 amide bonds. The molecule has 4 rings (SSSR count). The van der Waals surface area contributed by atoms with Crippen LogP contribution in [0.1, 0.15) is 128 Å². The number of hydrogen-bond donors (Lipinski definition) is 2. The Morgan fingerprint density at radius 1 is 0.533 bits per heavy atom. The van der Waals surface area contributed by atoms with Gasteiger partial charge in [-0.1, -0.05) is 64.2 Å². The highest BCUT2D eigenvalue weighted by Crippen LogP contribution is 2.38. The van der Waals surface area contributed by atoms with Crippen LogP contribution < -0.4 is 10.6 Å². The van der Waals surface area contributed by atoms with Crippen LogP contribution >= 0.6 is 0 Å². The Hall–Kier alpha value is -0.0800. The Morgan fingerprint density at radius 3 is 1.67 bits per heavy atom. The van der Waals surface area contributed by atoms with Gasteiger partial charge in [-0.05, 0) is 94.4 Å². The van der Waals surface area contributed by atoms with Crippen molar-refractivity contribution in [3.05, 3.63) is 0 Å². The second-order valence-corrected chi connectivity index (χ2v) is 11.9. The first kappa shape index (κ1) is 23.1. The van der Waals surface area contributed by atoms with Gasteiger partial charge in [0.1, 0.15) is 0 Å². The standard InChI is InChI=1S/C28H52N2/c1-3-7-23(8-4-1)19-21-29-27-15-11-25(12-16-27)26-13-17-28(18-14-26)30-22-20-24-9-5-2-6-10-24/h23-30H,1-22H2/p+1. The van der Waals surface area contributed by atoms with Crippen molar-refractivity contribution in [1.82, 2.24) is 5.32 Å². The fourth-order valence-corrected chi connectivity index (χ4v) is 7.66. The van der Waals surface area contributed by atoms with E-state index in [4.69, 9.17) is 0 Å². The van der Waals surface area contributed by atoms with Gasteiger partial charge in [-0.2, -0.15) is 0 Å². The van der Waals surface area contributed by atoms with E-state index in [0.717, 1.165) is 35.8 Å². The first-order valence-corrected chi connectivity index (χ1v) is 14.4. The van der Waals surface area contributed by atoms with Crippen LogP contribution in [0.3, 0.4) is 0 Å². The first-order valence-electron chi connectivity index (χ1n) is 14.4. The molecule has 0 spiro atoms. The average molecular weight is 418 g/mol. The zero-order valence-corrected chi connectivity index (χ0v) is 20.1. The minimum atomic E-state index is 0.842. The van der Waals surface area contributed by atoms with Crippen LogP contribution in [0.25, 0.3) is 0 Å². The van der Waals surface area contributed by atoms with Crippen molar-refractivity contribution < 1.29 is 5.32 Å². The van der Waals surface area contributed by atoms with E-state index in [1.54, 1.807) is 0 Å². The van der Waals surface area contributed by atoms with Gasteiger partial charge in [-0.3, -0.25) is 0 Å². The lowest BCUT2D eigenvalue weighted by atomic mass is 9.71. The number of rotatable bonds is 9. The third-order valence-electron chi connectivity index (χ3n) is 9.77. The molecule has 4 fully saturated rings. The van der Waals surface area contributed by atoms with Crippen molar-refractivity contribution in [3.63, 3.8) is 0 Å². The van der Waals surface area contributed by atoms with E-state index in [-0.39, 0.29) is 0 Å². The Morgan fingerprint density at radius 2 is 1.07 bits per heavy atom. The Labute approximate surface area is 188 Å². The molecular weight excluding hydrogens is 364 g/mol. The molecule has 4 aliphatic carbocycles. The molecule has 0 radical (unpaired) electrons. The van der Waals surface area contributed by atoms with Crippen LogP contribution in [0.4, 0.5) is 0 Å². The first-order chi connectivity index (χ1) is 14.9. The molecule has 4 aliphatic rings. The molecule has 2 nitrogen and oxygen atoms in total. The molecule has 0 aliphatic heterocycles. The van der Waals surface area contributed by atoms with Crippen LogP contribution in [0, 0.1) is 23.7 Å².